The zero-order valence-corrected chi connectivity index (χ0v) is 15.3. The molecule has 0 atom stereocenters. The van der Waals surface area contributed by atoms with Gasteiger partial charge in [0.2, 0.25) is 0 Å². The molecule has 1 aromatic carbocycles. The second kappa shape index (κ2) is 10.4. The molecule has 1 saturated heterocycles. The van der Waals surface area contributed by atoms with E-state index in [1.54, 1.807) is 4.90 Å². The first kappa shape index (κ1) is 18.0. The van der Waals surface area contributed by atoms with Crippen LogP contribution in [0.15, 0.2) is 22.7 Å². The smallest absolute Gasteiger partial charge is 0.137 e. The van der Waals surface area contributed by atoms with Crippen LogP contribution < -0.4 is 15.0 Å². The highest BCUT2D eigenvalue weighted by atomic mass is 79.9. The summed E-state index contributed by atoms with van der Waals surface area (Å²) in [5.41, 5.74) is 0. The lowest BCUT2D eigenvalue weighted by molar-refractivity contribution is -0.919. The van der Waals surface area contributed by atoms with Crippen LogP contribution in [0.2, 0.25) is 5.02 Å². The SMILES string of the molecule is Clc1cc(Br)ccc1OCCCC[NH2+]CC[NH+]1CCOCC1. The van der Waals surface area contributed by atoms with Crippen LogP contribution >= 0.6 is 27.5 Å². The molecule has 4 nitrogen and oxygen atoms in total. The molecule has 0 bridgehead atoms. The molecule has 1 aliphatic rings. The van der Waals surface area contributed by atoms with Crippen LogP contribution in [0.4, 0.5) is 0 Å². The molecule has 1 fully saturated rings. The largest absolute Gasteiger partial charge is 0.492 e. The summed E-state index contributed by atoms with van der Waals surface area (Å²) in [4.78, 5) is 1.68. The van der Waals surface area contributed by atoms with Crippen molar-refractivity contribution in [3.63, 3.8) is 0 Å². The summed E-state index contributed by atoms with van der Waals surface area (Å²) in [6.07, 6.45) is 2.24. The Kier molecular flexibility index (Phi) is 8.55. The van der Waals surface area contributed by atoms with Crippen LogP contribution in [0, 0.1) is 0 Å². The molecule has 6 heteroatoms. The van der Waals surface area contributed by atoms with Gasteiger partial charge in [0.25, 0.3) is 0 Å². The number of hydrogen-bond donors (Lipinski definition) is 2. The minimum absolute atomic E-state index is 0.662. The van der Waals surface area contributed by atoms with Crippen LogP contribution in [0.25, 0.3) is 0 Å². The van der Waals surface area contributed by atoms with Crippen molar-refractivity contribution >= 4 is 27.5 Å². The van der Waals surface area contributed by atoms with Gasteiger partial charge in [0.15, 0.2) is 0 Å². The van der Waals surface area contributed by atoms with E-state index in [9.17, 15) is 0 Å². The second-order valence-electron chi connectivity index (χ2n) is 5.61. The van der Waals surface area contributed by atoms with Gasteiger partial charge in [-0.2, -0.15) is 0 Å². The molecule has 0 spiro atoms. The Labute approximate surface area is 146 Å². The van der Waals surface area contributed by atoms with E-state index in [0.29, 0.717) is 5.02 Å². The Balaban J connectivity index is 1.45. The maximum Gasteiger partial charge on any atom is 0.137 e. The maximum atomic E-state index is 6.11. The Morgan fingerprint density at radius 3 is 2.82 bits per heavy atom. The normalized spacial score (nSPS) is 15.9. The van der Waals surface area contributed by atoms with E-state index in [-0.39, 0.29) is 0 Å². The number of ether oxygens (including phenoxy) is 2. The first-order valence-corrected chi connectivity index (χ1v) is 9.23. The van der Waals surface area contributed by atoms with Gasteiger partial charge in [0.05, 0.1) is 31.4 Å². The topological polar surface area (TPSA) is 39.5 Å². The predicted molar refractivity (Wildman–Crippen MR) is 91.9 cm³/mol. The first-order valence-electron chi connectivity index (χ1n) is 8.06. The van der Waals surface area contributed by atoms with Crippen LogP contribution in [0.3, 0.4) is 0 Å². The molecule has 0 radical (unpaired) electrons. The highest BCUT2D eigenvalue weighted by Crippen LogP contribution is 2.27. The summed E-state index contributed by atoms with van der Waals surface area (Å²) in [6, 6.07) is 5.71. The number of hydrogen-bond acceptors (Lipinski definition) is 2. The number of nitrogens with two attached hydrogens (primary N) is 1. The zero-order chi connectivity index (χ0) is 15.6. The van der Waals surface area contributed by atoms with Gasteiger partial charge in [-0.05, 0) is 31.0 Å². The summed E-state index contributed by atoms with van der Waals surface area (Å²) in [5.74, 6) is 0.768. The quantitative estimate of drug-likeness (QED) is 0.608. The van der Waals surface area contributed by atoms with Crippen molar-refractivity contribution in [1.29, 1.82) is 0 Å². The van der Waals surface area contributed by atoms with E-state index in [2.05, 4.69) is 21.2 Å². The predicted octanol–water partition coefficient (Wildman–Crippen LogP) is 0.740. The summed E-state index contributed by atoms with van der Waals surface area (Å²) in [6.45, 7) is 8.51. The summed E-state index contributed by atoms with van der Waals surface area (Å²) >= 11 is 9.50. The number of nitrogens with one attached hydrogen (secondary N) is 1. The summed E-state index contributed by atoms with van der Waals surface area (Å²) < 4.78 is 12.0. The van der Waals surface area contributed by atoms with E-state index in [1.807, 2.05) is 18.2 Å². The van der Waals surface area contributed by atoms with Crippen molar-refractivity contribution in [2.24, 2.45) is 0 Å². The van der Waals surface area contributed by atoms with Gasteiger partial charge in [-0.25, -0.2) is 0 Å². The molecule has 22 heavy (non-hydrogen) atoms. The second-order valence-corrected chi connectivity index (χ2v) is 6.93. The third kappa shape index (κ3) is 6.84. The minimum atomic E-state index is 0.662. The lowest BCUT2D eigenvalue weighted by Crippen LogP contribution is -3.16. The molecule has 124 valence electrons. The summed E-state index contributed by atoms with van der Waals surface area (Å²) in [7, 11) is 0. The van der Waals surface area contributed by atoms with Gasteiger partial charge >= 0.3 is 0 Å². The number of rotatable bonds is 9. The van der Waals surface area contributed by atoms with E-state index < -0.39 is 0 Å². The summed E-state index contributed by atoms with van der Waals surface area (Å²) in [5, 5.41) is 3.07. The average molecular weight is 394 g/mol. The van der Waals surface area contributed by atoms with Gasteiger partial charge in [0.1, 0.15) is 31.9 Å². The molecule has 0 aliphatic carbocycles. The highest BCUT2D eigenvalue weighted by molar-refractivity contribution is 9.10. The molecular weight excluding hydrogens is 368 g/mol. The lowest BCUT2D eigenvalue weighted by Gasteiger charge is -2.22. The Morgan fingerprint density at radius 1 is 1.23 bits per heavy atom. The van der Waals surface area contributed by atoms with Crippen LogP contribution in [-0.4, -0.2) is 52.5 Å². The Morgan fingerprint density at radius 2 is 2.05 bits per heavy atom. The monoisotopic (exact) mass is 392 g/mol. The molecule has 1 aliphatic heterocycles. The third-order valence-corrected chi connectivity index (χ3v) is 4.64. The van der Waals surface area contributed by atoms with Crippen LogP contribution in [0.1, 0.15) is 12.8 Å². The van der Waals surface area contributed by atoms with Crippen molar-refractivity contribution in [3.05, 3.63) is 27.7 Å². The van der Waals surface area contributed by atoms with E-state index >= 15 is 0 Å². The van der Waals surface area contributed by atoms with E-state index in [0.717, 1.165) is 49.6 Å². The van der Waals surface area contributed by atoms with Gasteiger partial charge in [0, 0.05) is 4.47 Å². The molecule has 3 N–H and O–H groups in total. The fourth-order valence-electron chi connectivity index (χ4n) is 2.53. The fourth-order valence-corrected chi connectivity index (χ4v) is 3.25. The molecule has 0 saturated carbocycles. The minimum Gasteiger partial charge on any atom is -0.492 e. The molecule has 1 heterocycles. The van der Waals surface area contributed by atoms with Gasteiger partial charge < -0.3 is 19.7 Å². The molecular formula is C16H26BrClN2O2+2. The fraction of sp³-hybridized carbons (Fsp3) is 0.625. The van der Waals surface area contributed by atoms with Gasteiger partial charge in [-0.3, -0.25) is 0 Å². The highest BCUT2D eigenvalue weighted by Gasteiger charge is 2.13. The van der Waals surface area contributed by atoms with Crippen molar-refractivity contribution in [2.45, 2.75) is 12.8 Å². The van der Waals surface area contributed by atoms with Gasteiger partial charge in [-0.15, -0.1) is 0 Å². The van der Waals surface area contributed by atoms with Crippen LogP contribution in [0.5, 0.6) is 5.75 Å². The van der Waals surface area contributed by atoms with Crippen molar-refractivity contribution < 1.29 is 19.7 Å². The average Bonchev–Trinajstić information content (AvgIpc) is 2.52. The van der Waals surface area contributed by atoms with Crippen molar-refractivity contribution in [2.75, 3.05) is 52.5 Å². The van der Waals surface area contributed by atoms with Crippen LogP contribution in [-0.2, 0) is 4.74 Å². The van der Waals surface area contributed by atoms with Crippen molar-refractivity contribution in [3.8, 4) is 5.75 Å². The number of morpholine rings is 1. The number of quaternary nitrogens is 2. The molecule has 0 unspecified atom stereocenters. The zero-order valence-electron chi connectivity index (χ0n) is 13.0. The maximum absolute atomic E-state index is 6.11. The van der Waals surface area contributed by atoms with E-state index in [4.69, 9.17) is 21.1 Å². The third-order valence-electron chi connectivity index (χ3n) is 3.86. The van der Waals surface area contributed by atoms with Crippen molar-refractivity contribution in [1.82, 2.24) is 0 Å². The Bertz CT molecular complexity index is 442. The van der Waals surface area contributed by atoms with Gasteiger partial charge in [-0.1, -0.05) is 27.5 Å². The molecule has 2 rings (SSSR count). The number of benzene rings is 1. The number of unbranched alkanes of at least 4 members (excludes halogenated alkanes) is 1. The molecule has 1 aromatic rings. The molecule has 0 amide bonds. The number of halogens is 2. The van der Waals surface area contributed by atoms with E-state index in [1.165, 1.54) is 26.1 Å². The lowest BCUT2D eigenvalue weighted by atomic mass is 10.3. The standard InChI is InChI=1S/C16H24BrClN2O2/c17-14-3-4-16(15(18)13-14)22-10-2-1-5-19-6-7-20-8-11-21-12-9-20/h3-4,13,19H,1-2,5-12H2/p+2. The first-order chi connectivity index (χ1) is 10.8. The molecule has 0 aromatic heterocycles. The Hall–Kier alpha value is -0.330.